The second kappa shape index (κ2) is 12.2. The number of aryl methyl sites for hydroxylation is 2. The Morgan fingerprint density at radius 3 is 2.41 bits per heavy atom. The number of likely N-dealkylation sites (tertiary alicyclic amines) is 1. The van der Waals surface area contributed by atoms with Gasteiger partial charge in [0.25, 0.3) is 0 Å². The molecule has 0 spiro atoms. The quantitative estimate of drug-likeness (QED) is 0.267. The fourth-order valence-corrected chi connectivity index (χ4v) is 6.41. The third-order valence-corrected chi connectivity index (χ3v) is 8.34. The van der Waals surface area contributed by atoms with E-state index in [0.29, 0.717) is 37.2 Å². The normalized spacial score (nSPS) is 16.3. The van der Waals surface area contributed by atoms with Gasteiger partial charge in [-0.3, -0.25) is 4.39 Å². The van der Waals surface area contributed by atoms with Crippen molar-refractivity contribution >= 4 is 17.1 Å². The summed E-state index contributed by atoms with van der Waals surface area (Å²) in [7, 11) is 0. The minimum absolute atomic E-state index is 0.173. The topological polar surface area (TPSA) is 40.5 Å². The summed E-state index contributed by atoms with van der Waals surface area (Å²) in [5, 5.41) is 9.58. The molecule has 0 aromatic heterocycles. The van der Waals surface area contributed by atoms with Crippen molar-refractivity contribution in [3.8, 4) is 0 Å². The second-order valence-electron chi connectivity index (χ2n) is 11.1. The van der Waals surface area contributed by atoms with Crippen LogP contribution < -0.4 is 0 Å². The monoisotopic (exact) mass is 565 g/mol. The van der Waals surface area contributed by atoms with Gasteiger partial charge in [-0.2, -0.15) is 13.2 Å². The molecule has 7 heteroatoms. The van der Waals surface area contributed by atoms with Crippen molar-refractivity contribution in [3.63, 3.8) is 0 Å². The molecule has 5 rings (SSSR count). The Kier molecular flexibility index (Phi) is 8.64. The molecule has 41 heavy (non-hydrogen) atoms. The number of allylic oxidation sites excluding steroid dienone is 1. The molecule has 0 radical (unpaired) electrons. The first kappa shape index (κ1) is 29.1. The van der Waals surface area contributed by atoms with Gasteiger partial charge >= 0.3 is 12.1 Å². The molecule has 3 aromatic rings. The fourth-order valence-electron chi connectivity index (χ4n) is 6.41. The van der Waals surface area contributed by atoms with Gasteiger partial charge in [-0.1, -0.05) is 55.5 Å². The van der Waals surface area contributed by atoms with Crippen LogP contribution in [0.2, 0.25) is 0 Å². The van der Waals surface area contributed by atoms with Gasteiger partial charge in [-0.15, -0.1) is 0 Å². The molecule has 0 amide bonds. The maximum Gasteiger partial charge on any atom is 0.417 e. The number of aromatic carboxylic acids is 1. The standard InChI is InChI=1S/C34H35F4NO2/c1-2-24-6-3-9-30(32(24)34(36,37)38)29-8-4-7-26-19-27(33(40)41)14-15-28(26)31(29)25-12-10-22(11-13-25)18-23-20-39(21-23)17-5-16-35/h3,6,9-15,19,23H,2,4-5,7-8,16-18,20-21H2,1H3,(H,40,41). The van der Waals surface area contributed by atoms with Crippen molar-refractivity contribution in [2.24, 2.45) is 5.92 Å². The van der Waals surface area contributed by atoms with Crippen LogP contribution in [0.15, 0.2) is 60.7 Å². The summed E-state index contributed by atoms with van der Waals surface area (Å²) < 4.78 is 56.0. The van der Waals surface area contributed by atoms with Crippen molar-refractivity contribution in [1.29, 1.82) is 0 Å². The average Bonchev–Trinajstić information content (AvgIpc) is 3.12. The van der Waals surface area contributed by atoms with E-state index in [1.54, 1.807) is 37.3 Å². The molecule has 1 N–H and O–H groups in total. The van der Waals surface area contributed by atoms with Crippen LogP contribution in [0.5, 0.6) is 0 Å². The third kappa shape index (κ3) is 6.25. The lowest BCUT2D eigenvalue weighted by Gasteiger charge is -2.39. The van der Waals surface area contributed by atoms with E-state index in [2.05, 4.69) is 4.90 Å². The summed E-state index contributed by atoms with van der Waals surface area (Å²) in [6.45, 7) is 4.12. The van der Waals surface area contributed by atoms with Crippen LogP contribution >= 0.6 is 0 Å². The van der Waals surface area contributed by atoms with Gasteiger partial charge in [-0.05, 0) is 101 Å². The minimum Gasteiger partial charge on any atom is -0.478 e. The number of hydrogen-bond donors (Lipinski definition) is 1. The molecule has 0 atom stereocenters. The number of carbonyl (C=O) groups is 1. The average molecular weight is 566 g/mol. The third-order valence-electron chi connectivity index (χ3n) is 8.34. The number of hydrogen-bond acceptors (Lipinski definition) is 2. The van der Waals surface area contributed by atoms with E-state index in [4.69, 9.17) is 0 Å². The van der Waals surface area contributed by atoms with Crippen molar-refractivity contribution in [2.45, 2.75) is 51.6 Å². The zero-order valence-electron chi connectivity index (χ0n) is 23.2. The van der Waals surface area contributed by atoms with Crippen LogP contribution in [-0.2, 0) is 25.4 Å². The van der Waals surface area contributed by atoms with Gasteiger partial charge in [-0.25, -0.2) is 4.79 Å². The summed E-state index contributed by atoms with van der Waals surface area (Å²) in [4.78, 5) is 14.0. The molecule has 216 valence electrons. The van der Waals surface area contributed by atoms with Crippen molar-refractivity contribution in [2.75, 3.05) is 26.3 Å². The van der Waals surface area contributed by atoms with E-state index in [1.165, 1.54) is 6.07 Å². The van der Waals surface area contributed by atoms with E-state index in [-0.39, 0.29) is 29.8 Å². The van der Waals surface area contributed by atoms with Gasteiger partial charge in [0.05, 0.1) is 17.8 Å². The zero-order chi connectivity index (χ0) is 29.1. The molecule has 0 bridgehead atoms. The number of fused-ring (bicyclic) bond motifs is 1. The summed E-state index contributed by atoms with van der Waals surface area (Å²) in [6, 6.07) is 17.8. The Morgan fingerprint density at radius 1 is 1.00 bits per heavy atom. The first-order valence-corrected chi connectivity index (χ1v) is 14.4. The lowest BCUT2D eigenvalue weighted by molar-refractivity contribution is -0.138. The largest absolute Gasteiger partial charge is 0.478 e. The predicted molar refractivity (Wildman–Crippen MR) is 154 cm³/mol. The van der Waals surface area contributed by atoms with Crippen LogP contribution in [0.4, 0.5) is 17.6 Å². The number of nitrogens with zero attached hydrogens (tertiary/aromatic N) is 1. The molecule has 1 aliphatic heterocycles. The summed E-state index contributed by atoms with van der Waals surface area (Å²) >= 11 is 0. The van der Waals surface area contributed by atoms with E-state index in [1.807, 2.05) is 24.3 Å². The Hall–Kier alpha value is -3.45. The maximum atomic E-state index is 14.5. The number of alkyl halides is 4. The van der Waals surface area contributed by atoms with E-state index < -0.39 is 17.7 Å². The number of carboxylic acid groups (broad SMARTS) is 1. The molecule has 0 saturated carbocycles. The summed E-state index contributed by atoms with van der Waals surface area (Å²) in [6.07, 6.45) is -1.14. The molecular formula is C34H35F4NO2. The predicted octanol–water partition coefficient (Wildman–Crippen LogP) is 8.10. The molecule has 1 aliphatic carbocycles. The van der Waals surface area contributed by atoms with E-state index in [9.17, 15) is 27.5 Å². The SMILES string of the molecule is CCc1cccc(C2=C(c3ccc(CC4CN(CCCF)C4)cc3)c3ccc(C(=O)O)cc3CCC2)c1C(F)(F)F. The Bertz CT molecular complexity index is 1440. The summed E-state index contributed by atoms with van der Waals surface area (Å²) in [5.41, 5.74) is 5.04. The van der Waals surface area contributed by atoms with Crippen LogP contribution in [-0.4, -0.2) is 42.3 Å². The molecular weight excluding hydrogens is 530 g/mol. The molecule has 1 fully saturated rings. The maximum absolute atomic E-state index is 14.5. The number of halogens is 4. The van der Waals surface area contributed by atoms with Crippen LogP contribution in [0, 0.1) is 5.92 Å². The highest BCUT2D eigenvalue weighted by Gasteiger charge is 2.37. The van der Waals surface area contributed by atoms with E-state index in [0.717, 1.165) is 53.9 Å². The number of benzene rings is 3. The van der Waals surface area contributed by atoms with E-state index >= 15 is 0 Å². The lowest BCUT2D eigenvalue weighted by atomic mass is 9.84. The highest BCUT2D eigenvalue weighted by molar-refractivity contribution is 6.01. The molecule has 3 nitrogen and oxygen atoms in total. The number of carboxylic acids is 1. The van der Waals surface area contributed by atoms with Gasteiger partial charge in [0.15, 0.2) is 0 Å². The van der Waals surface area contributed by atoms with Crippen LogP contribution in [0.3, 0.4) is 0 Å². The smallest absolute Gasteiger partial charge is 0.417 e. The zero-order valence-corrected chi connectivity index (χ0v) is 23.2. The Morgan fingerprint density at radius 2 is 1.76 bits per heavy atom. The first-order chi connectivity index (χ1) is 19.7. The van der Waals surface area contributed by atoms with Gasteiger partial charge in [0.1, 0.15) is 0 Å². The van der Waals surface area contributed by atoms with Gasteiger partial charge < -0.3 is 10.0 Å². The van der Waals surface area contributed by atoms with Crippen molar-refractivity contribution in [1.82, 2.24) is 4.90 Å². The van der Waals surface area contributed by atoms with Crippen LogP contribution in [0.1, 0.15) is 75.5 Å². The van der Waals surface area contributed by atoms with Crippen molar-refractivity contribution in [3.05, 3.63) is 105 Å². The minimum atomic E-state index is -4.51. The van der Waals surface area contributed by atoms with Gasteiger partial charge in [0.2, 0.25) is 0 Å². The lowest BCUT2D eigenvalue weighted by Crippen LogP contribution is -2.47. The van der Waals surface area contributed by atoms with Crippen LogP contribution in [0.25, 0.3) is 11.1 Å². The van der Waals surface area contributed by atoms with Gasteiger partial charge in [0, 0.05) is 19.6 Å². The molecule has 2 aliphatic rings. The Balaban J connectivity index is 1.59. The molecule has 1 saturated heterocycles. The molecule has 0 unspecified atom stereocenters. The Labute approximate surface area is 238 Å². The second-order valence-corrected chi connectivity index (χ2v) is 11.1. The van der Waals surface area contributed by atoms with Crippen molar-refractivity contribution < 1.29 is 27.5 Å². The highest BCUT2D eigenvalue weighted by Crippen LogP contribution is 2.45. The molecule has 3 aromatic carbocycles. The molecule has 1 heterocycles. The highest BCUT2D eigenvalue weighted by atomic mass is 19.4. The summed E-state index contributed by atoms with van der Waals surface area (Å²) in [5.74, 6) is -0.518. The number of rotatable bonds is 9. The fraction of sp³-hybridized carbons (Fsp3) is 0.382. The first-order valence-electron chi connectivity index (χ1n) is 14.4.